The van der Waals surface area contributed by atoms with Crippen molar-refractivity contribution < 1.29 is 35.5 Å². The van der Waals surface area contributed by atoms with Gasteiger partial charge in [0.05, 0.1) is 6.95 Å². The second-order valence-electron chi connectivity index (χ2n) is 16.8. The number of benzene rings is 5. The largest absolute Gasteiger partial charge is 0.500 e. The summed E-state index contributed by atoms with van der Waals surface area (Å²) < 4.78 is 75.6. The minimum absolute atomic E-state index is 0. The molecule has 9 rings (SSSR count). The van der Waals surface area contributed by atoms with Gasteiger partial charge in [0, 0.05) is 53.0 Å². The van der Waals surface area contributed by atoms with E-state index in [2.05, 4.69) is 68.9 Å². The number of hydrogen-bond acceptors (Lipinski definition) is 3. The summed E-state index contributed by atoms with van der Waals surface area (Å²) in [5, 5.41) is 1.73. The van der Waals surface area contributed by atoms with Crippen LogP contribution in [0.1, 0.15) is 99.4 Å². The van der Waals surface area contributed by atoms with Gasteiger partial charge in [0.1, 0.15) is 5.58 Å². The van der Waals surface area contributed by atoms with Crippen LogP contribution in [0.2, 0.25) is 0 Å². The molecule has 5 aromatic carbocycles. The summed E-state index contributed by atoms with van der Waals surface area (Å²) in [5.74, 6) is -1.04. The number of aryl methyl sites for hydroxylation is 2. The minimum atomic E-state index is -2.68. The number of aromatic nitrogens is 2. The maximum absolute atomic E-state index is 9.31. The molecule has 58 heavy (non-hydrogen) atoms. The standard InChI is InChI=1S/C39H36NO.C15H16N.Ir/c1-25-22-29(27-18-20-39(3,4)21-19-27)16-17-30(25)35-23-36(40-24-26(35)2)34-15-9-14-33-32-13-8-12-31(37(32)41-38(33)34)28-10-6-5-7-11-28;1-15(2,3)13-9-10-14(16-11-13)12-7-5-4-6-8-12;/h5-14,16-17,22-24,27H,18-21H2,1-4H3;4-7,9-11H,1-3H3;/q2*-1;/i1D3,2D3,17D,27D;;. The Morgan fingerprint density at radius 2 is 1.48 bits per heavy atom. The molecule has 1 saturated carbocycles. The second-order valence-corrected chi connectivity index (χ2v) is 16.8. The Morgan fingerprint density at radius 3 is 2.19 bits per heavy atom. The molecule has 0 bridgehead atoms. The monoisotopic (exact) mass is 945 g/mol. The average molecular weight is 945 g/mol. The van der Waals surface area contributed by atoms with Crippen molar-refractivity contribution in [1.29, 1.82) is 0 Å². The van der Waals surface area contributed by atoms with E-state index >= 15 is 0 Å². The third-order valence-corrected chi connectivity index (χ3v) is 11.1. The maximum Gasteiger partial charge on any atom is 0.128 e. The van der Waals surface area contributed by atoms with Crippen molar-refractivity contribution in [2.45, 2.75) is 85.3 Å². The fourth-order valence-electron chi connectivity index (χ4n) is 7.59. The molecule has 0 N–H and O–H groups in total. The van der Waals surface area contributed by atoms with Crippen LogP contribution in [-0.2, 0) is 25.5 Å². The number of nitrogens with zero attached hydrogens (tertiary/aromatic N) is 2. The normalized spacial score (nSPS) is 17.1. The SMILES string of the molecule is CC(C)(C)c1ccc(-c2[c-]cccc2)nc1.[2H]c1cc(C2([2H])CCC(C)(C)CC2)cc(C([2H])([2H])[2H])c1-c1cc(-c2[c-]ccc3c2oc2c(-c4ccccc4)cccc23)ncc1C([2H])([2H])[2H].[Ir]. The van der Waals surface area contributed by atoms with Gasteiger partial charge in [-0.1, -0.05) is 130 Å². The molecular weight excluding hydrogens is 885 g/mol. The molecule has 0 saturated heterocycles. The van der Waals surface area contributed by atoms with Gasteiger partial charge in [-0.2, -0.15) is 0 Å². The Hall–Kier alpha value is -5.15. The van der Waals surface area contributed by atoms with Gasteiger partial charge < -0.3 is 14.4 Å². The van der Waals surface area contributed by atoms with E-state index in [0.29, 0.717) is 40.8 Å². The van der Waals surface area contributed by atoms with Gasteiger partial charge >= 0.3 is 0 Å². The Morgan fingerprint density at radius 1 is 0.724 bits per heavy atom. The fourth-order valence-corrected chi connectivity index (χ4v) is 7.59. The fraction of sp³-hybridized carbons (Fsp3) is 0.259. The molecule has 3 heterocycles. The molecule has 8 aromatic rings. The zero-order valence-corrected chi connectivity index (χ0v) is 36.0. The molecule has 0 atom stereocenters. The van der Waals surface area contributed by atoms with Crippen molar-refractivity contribution in [1.82, 2.24) is 9.97 Å². The molecular formula is C54H52IrN2O-2. The summed E-state index contributed by atoms with van der Waals surface area (Å²) in [5.41, 5.74) is 7.71. The number of fused-ring (bicyclic) bond motifs is 3. The van der Waals surface area contributed by atoms with Crippen LogP contribution in [-0.4, -0.2) is 9.97 Å². The summed E-state index contributed by atoms with van der Waals surface area (Å²) in [6, 6.07) is 42.5. The molecule has 1 radical (unpaired) electrons. The summed E-state index contributed by atoms with van der Waals surface area (Å²) in [6.07, 6.45) is 5.90. The number of hydrogen-bond donors (Lipinski definition) is 0. The van der Waals surface area contributed by atoms with Crippen molar-refractivity contribution in [2.24, 2.45) is 5.41 Å². The molecule has 0 spiro atoms. The van der Waals surface area contributed by atoms with Gasteiger partial charge in [-0.15, -0.1) is 54.1 Å². The first-order chi connectivity index (χ1) is 30.6. The Kier molecular flexibility index (Phi) is 9.31. The molecule has 1 aliphatic rings. The molecule has 1 aliphatic carbocycles. The first kappa shape index (κ1) is 31.8. The Bertz CT molecular complexity index is 2980. The van der Waals surface area contributed by atoms with Crippen molar-refractivity contribution in [2.75, 3.05) is 0 Å². The summed E-state index contributed by atoms with van der Waals surface area (Å²) in [4.78, 5) is 9.04. The van der Waals surface area contributed by atoms with E-state index in [1.165, 1.54) is 17.8 Å². The third-order valence-electron chi connectivity index (χ3n) is 11.1. The van der Waals surface area contributed by atoms with Gasteiger partial charge in [-0.25, -0.2) is 0 Å². The number of furan rings is 1. The van der Waals surface area contributed by atoms with E-state index in [9.17, 15) is 2.74 Å². The van der Waals surface area contributed by atoms with Crippen LogP contribution < -0.4 is 0 Å². The summed E-state index contributed by atoms with van der Waals surface area (Å²) >= 11 is 0. The van der Waals surface area contributed by atoms with Crippen LogP contribution >= 0.6 is 0 Å². The van der Waals surface area contributed by atoms with E-state index in [1.54, 1.807) is 18.2 Å². The smallest absolute Gasteiger partial charge is 0.128 e. The van der Waals surface area contributed by atoms with Gasteiger partial charge in [-0.05, 0) is 106 Å². The quantitative estimate of drug-likeness (QED) is 0.161. The second kappa shape index (κ2) is 17.0. The molecule has 0 unspecified atom stereocenters. The van der Waals surface area contributed by atoms with E-state index < -0.39 is 19.6 Å². The molecule has 3 aromatic heterocycles. The van der Waals surface area contributed by atoms with Crippen molar-refractivity contribution in [3.05, 3.63) is 168 Å². The summed E-state index contributed by atoms with van der Waals surface area (Å²) in [7, 11) is 0. The van der Waals surface area contributed by atoms with Crippen LogP contribution in [0.15, 0.2) is 138 Å². The van der Waals surface area contributed by atoms with Gasteiger partial charge in [-0.3, -0.25) is 0 Å². The predicted octanol–water partition coefficient (Wildman–Crippen LogP) is 14.9. The van der Waals surface area contributed by atoms with Crippen LogP contribution in [0.4, 0.5) is 0 Å². The van der Waals surface area contributed by atoms with Crippen LogP contribution in [0.25, 0.3) is 66.7 Å². The minimum Gasteiger partial charge on any atom is -0.500 e. The predicted molar refractivity (Wildman–Crippen MR) is 238 cm³/mol. The van der Waals surface area contributed by atoms with E-state index in [4.69, 9.17) is 12.6 Å². The first-order valence-corrected chi connectivity index (χ1v) is 19.6. The van der Waals surface area contributed by atoms with E-state index in [0.717, 1.165) is 46.0 Å². The van der Waals surface area contributed by atoms with Crippen LogP contribution in [0.5, 0.6) is 0 Å². The number of para-hydroxylation sites is 1. The van der Waals surface area contributed by atoms with Gasteiger partial charge in [0.15, 0.2) is 0 Å². The zero-order valence-electron chi connectivity index (χ0n) is 41.6. The van der Waals surface area contributed by atoms with Crippen molar-refractivity contribution in [3.8, 4) is 44.8 Å². The van der Waals surface area contributed by atoms with Gasteiger partial charge in [0.2, 0.25) is 0 Å². The Balaban J connectivity index is 0.000000322. The summed E-state index contributed by atoms with van der Waals surface area (Å²) in [6.45, 7) is 5.59. The average Bonchev–Trinajstić information content (AvgIpc) is 3.66. The van der Waals surface area contributed by atoms with E-state index in [1.807, 2.05) is 85.1 Å². The molecule has 4 heteroatoms. The van der Waals surface area contributed by atoms with Crippen LogP contribution in [0.3, 0.4) is 0 Å². The third kappa shape index (κ3) is 8.65. The molecule has 3 nitrogen and oxygen atoms in total. The first-order valence-electron chi connectivity index (χ1n) is 23.6. The molecule has 1 fully saturated rings. The number of rotatable bonds is 5. The number of pyridine rings is 2. The molecule has 0 aliphatic heterocycles. The molecule has 295 valence electrons. The Labute approximate surface area is 369 Å². The van der Waals surface area contributed by atoms with Crippen molar-refractivity contribution >= 4 is 21.9 Å². The maximum atomic E-state index is 9.31. The topological polar surface area (TPSA) is 38.9 Å². The molecule has 0 amide bonds. The van der Waals surface area contributed by atoms with Gasteiger partial charge in [0.25, 0.3) is 0 Å². The van der Waals surface area contributed by atoms with E-state index in [-0.39, 0.29) is 59.2 Å². The van der Waals surface area contributed by atoms with Crippen molar-refractivity contribution in [3.63, 3.8) is 0 Å². The zero-order chi connectivity index (χ0) is 46.5. The van der Waals surface area contributed by atoms with Crippen LogP contribution in [0, 0.1) is 31.3 Å².